The fourth-order valence-corrected chi connectivity index (χ4v) is 1.88. The summed E-state index contributed by atoms with van der Waals surface area (Å²) in [5.41, 5.74) is 7.25. The van der Waals surface area contributed by atoms with Gasteiger partial charge in [-0.2, -0.15) is 0 Å². The highest BCUT2D eigenvalue weighted by Gasteiger charge is 2.28. The number of primary amides is 1. The molecule has 106 valence electrons. The van der Waals surface area contributed by atoms with Crippen LogP contribution in [0.4, 0.5) is 5.69 Å². The molecule has 1 amide bonds. The molecule has 1 aromatic rings. The van der Waals surface area contributed by atoms with Crippen LogP contribution in [0.15, 0.2) is 24.3 Å². The number of hydrogen-bond donors (Lipinski definition) is 2. The van der Waals surface area contributed by atoms with Crippen LogP contribution in [0.5, 0.6) is 0 Å². The molecule has 0 saturated carbocycles. The normalized spacial score (nSPS) is 13.9. The molecule has 0 radical (unpaired) electrons. The Labute approximate surface area is 116 Å². The van der Waals surface area contributed by atoms with Gasteiger partial charge in [-0.3, -0.25) is 4.79 Å². The van der Waals surface area contributed by atoms with E-state index in [0.29, 0.717) is 6.42 Å². The largest absolute Gasteiger partial charge is 0.375 e. The highest BCUT2D eigenvalue weighted by atomic mass is 16.1. The predicted molar refractivity (Wildman–Crippen MR) is 80.4 cm³/mol. The number of hydrogen-bond acceptors (Lipinski definition) is 3. The van der Waals surface area contributed by atoms with Crippen LogP contribution >= 0.6 is 0 Å². The van der Waals surface area contributed by atoms with E-state index in [0.717, 1.165) is 18.7 Å². The Morgan fingerprint density at radius 1 is 1.37 bits per heavy atom. The highest BCUT2D eigenvalue weighted by molar-refractivity contribution is 5.84. The minimum atomic E-state index is -0.655. The third kappa shape index (κ3) is 3.96. The summed E-state index contributed by atoms with van der Waals surface area (Å²) >= 11 is 0. The molecular weight excluding hydrogens is 238 g/mol. The van der Waals surface area contributed by atoms with E-state index in [1.165, 1.54) is 5.56 Å². The number of aryl methyl sites for hydroxylation is 1. The SMILES string of the molecule is CCc1ccc(N(C)CCC(C)(NC)C(N)=O)cc1. The Morgan fingerprint density at radius 2 is 1.95 bits per heavy atom. The zero-order chi connectivity index (χ0) is 14.5. The van der Waals surface area contributed by atoms with Crippen molar-refractivity contribution in [2.24, 2.45) is 5.73 Å². The molecule has 0 bridgehead atoms. The molecule has 4 heteroatoms. The maximum Gasteiger partial charge on any atom is 0.237 e. The number of carbonyl (C=O) groups is 1. The molecule has 1 atom stereocenters. The van der Waals surface area contributed by atoms with Crippen molar-refractivity contribution in [3.8, 4) is 0 Å². The third-order valence-corrected chi connectivity index (χ3v) is 3.83. The maximum absolute atomic E-state index is 11.4. The molecule has 0 aliphatic heterocycles. The van der Waals surface area contributed by atoms with Crippen molar-refractivity contribution in [3.05, 3.63) is 29.8 Å². The lowest BCUT2D eigenvalue weighted by molar-refractivity contribution is -0.123. The van der Waals surface area contributed by atoms with E-state index in [1.54, 1.807) is 7.05 Å². The van der Waals surface area contributed by atoms with Crippen molar-refractivity contribution in [1.82, 2.24) is 5.32 Å². The molecule has 0 aliphatic carbocycles. The molecule has 19 heavy (non-hydrogen) atoms. The van der Waals surface area contributed by atoms with Gasteiger partial charge in [0.15, 0.2) is 0 Å². The van der Waals surface area contributed by atoms with Gasteiger partial charge >= 0.3 is 0 Å². The lowest BCUT2D eigenvalue weighted by atomic mass is 9.97. The van der Waals surface area contributed by atoms with E-state index >= 15 is 0 Å². The molecule has 1 aromatic carbocycles. The van der Waals surface area contributed by atoms with E-state index in [1.807, 2.05) is 14.0 Å². The van der Waals surface area contributed by atoms with Gasteiger partial charge in [0.1, 0.15) is 0 Å². The van der Waals surface area contributed by atoms with E-state index in [4.69, 9.17) is 5.73 Å². The molecule has 0 heterocycles. The van der Waals surface area contributed by atoms with Crippen molar-refractivity contribution >= 4 is 11.6 Å². The van der Waals surface area contributed by atoms with Crippen LogP contribution < -0.4 is 16.0 Å². The van der Waals surface area contributed by atoms with Crippen LogP contribution in [0, 0.1) is 0 Å². The molecule has 1 unspecified atom stereocenters. The summed E-state index contributed by atoms with van der Waals surface area (Å²) in [6, 6.07) is 8.49. The number of anilines is 1. The van der Waals surface area contributed by atoms with Gasteiger partial charge in [-0.1, -0.05) is 19.1 Å². The first-order valence-corrected chi connectivity index (χ1v) is 6.72. The number of amides is 1. The van der Waals surface area contributed by atoms with Crippen molar-refractivity contribution in [2.45, 2.75) is 32.2 Å². The number of nitrogens with one attached hydrogen (secondary N) is 1. The van der Waals surface area contributed by atoms with Crippen LogP contribution in [0.1, 0.15) is 25.8 Å². The number of carbonyl (C=O) groups excluding carboxylic acids is 1. The number of rotatable bonds is 7. The first-order chi connectivity index (χ1) is 8.92. The maximum atomic E-state index is 11.4. The summed E-state index contributed by atoms with van der Waals surface area (Å²) in [6.45, 7) is 4.75. The quantitative estimate of drug-likeness (QED) is 0.784. The smallest absolute Gasteiger partial charge is 0.237 e. The lowest BCUT2D eigenvalue weighted by Crippen LogP contribution is -2.53. The molecule has 3 N–H and O–H groups in total. The molecule has 0 spiro atoms. The summed E-state index contributed by atoms with van der Waals surface area (Å²) in [4.78, 5) is 13.6. The van der Waals surface area contributed by atoms with E-state index < -0.39 is 5.54 Å². The number of nitrogens with two attached hydrogens (primary N) is 1. The average molecular weight is 263 g/mol. The molecule has 1 rings (SSSR count). The number of benzene rings is 1. The summed E-state index contributed by atoms with van der Waals surface area (Å²) in [5, 5.41) is 3.00. The molecule has 0 aromatic heterocycles. The second-order valence-corrected chi connectivity index (χ2v) is 5.14. The highest BCUT2D eigenvalue weighted by Crippen LogP contribution is 2.17. The monoisotopic (exact) mass is 263 g/mol. The van der Waals surface area contributed by atoms with E-state index in [-0.39, 0.29) is 5.91 Å². The Hall–Kier alpha value is -1.55. The fourth-order valence-electron chi connectivity index (χ4n) is 1.88. The van der Waals surface area contributed by atoms with Gasteiger partial charge in [0.25, 0.3) is 0 Å². The first-order valence-electron chi connectivity index (χ1n) is 6.72. The third-order valence-electron chi connectivity index (χ3n) is 3.83. The Kier molecular flexibility index (Phi) is 5.36. The van der Waals surface area contributed by atoms with Crippen molar-refractivity contribution in [1.29, 1.82) is 0 Å². The van der Waals surface area contributed by atoms with Crippen LogP contribution in [0.25, 0.3) is 0 Å². The zero-order valence-electron chi connectivity index (χ0n) is 12.4. The van der Waals surface area contributed by atoms with Gasteiger partial charge in [0, 0.05) is 19.3 Å². The van der Waals surface area contributed by atoms with Gasteiger partial charge in [0.05, 0.1) is 5.54 Å². The van der Waals surface area contributed by atoms with Crippen LogP contribution in [-0.4, -0.2) is 32.1 Å². The van der Waals surface area contributed by atoms with E-state index in [9.17, 15) is 4.79 Å². The van der Waals surface area contributed by atoms with Gasteiger partial charge in [0.2, 0.25) is 5.91 Å². The van der Waals surface area contributed by atoms with Crippen molar-refractivity contribution in [3.63, 3.8) is 0 Å². The second-order valence-electron chi connectivity index (χ2n) is 5.14. The van der Waals surface area contributed by atoms with Gasteiger partial charge in [-0.25, -0.2) is 0 Å². The Bertz CT molecular complexity index is 416. The van der Waals surface area contributed by atoms with Gasteiger partial charge in [-0.05, 0) is 44.5 Å². The zero-order valence-corrected chi connectivity index (χ0v) is 12.4. The molecular formula is C15H25N3O. The van der Waals surface area contributed by atoms with Crippen molar-refractivity contribution in [2.75, 3.05) is 25.5 Å². The first kappa shape index (κ1) is 15.5. The Balaban J connectivity index is 2.63. The fraction of sp³-hybridized carbons (Fsp3) is 0.533. The predicted octanol–water partition coefficient (Wildman–Crippen LogP) is 1.54. The topological polar surface area (TPSA) is 58.4 Å². The van der Waals surface area contributed by atoms with Crippen molar-refractivity contribution < 1.29 is 4.79 Å². The summed E-state index contributed by atoms with van der Waals surface area (Å²) in [5.74, 6) is -0.315. The molecule has 0 fully saturated rings. The summed E-state index contributed by atoms with van der Waals surface area (Å²) < 4.78 is 0. The van der Waals surface area contributed by atoms with Gasteiger partial charge in [-0.15, -0.1) is 0 Å². The lowest BCUT2D eigenvalue weighted by Gasteiger charge is -2.29. The van der Waals surface area contributed by atoms with Crippen LogP contribution in [0.2, 0.25) is 0 Å². The molecule has 0 saturated heterocycles. The molecule has 4 nitrogen and oxygen atoms in total. The average Bonchev–Trinajstić information content (AvgIpc) is 2.44. The Morgan fingerprint density at radius 3 is 2.37 bits per heavy atom. The van der Waals surface area contributed by atoms with Gasteiger partial charge < -0.3 is 16.0 Å². The van der Waals surface area contributed by atoms with E-state index in [2.05, 4.69) is 41.4 Å². The van der Waals surface area contributed by atoms with Crippen LogP contribution in [0.3, 0.4) is 0 Å². The molecule has 0 aliphatic rings. The standard InChI is InChI=1S/C15H25N3O/c1-5-12-6-8-13(9-7-12)18(4)11-10-15(2,17-3)14(16)19/h6-9,17H,5,10-11H2,1-4H3,(H2,16,19). The number of nitrogens with zero attached hydrogens (tertiary/aromatic N) is 1. The minimum Gasteiger partial charge on any atom is -0.375 e. The summed E-state index contributed by atoms with van der Waals surface area (Å²) in [7, 11) is 3.79. The number of likely N-dealkylation sites (N-methyl/N-ethyl adjacent to an activating group) is 1. The minimum absolute atomic E-state index is 0.315. The van der Waals surface area contributed by atoms with Crippen LogP contribution in [-0.2, 0) is 11.2 Å². The second kappa shape index (κ2) is 6.57. The summed E-state index contributed by atoms with van der Waals surface area (Å²) in [6.07, 6.45) is 1.72.